The maximum absolute atomic E-state index is 13.3. The number of halogens is 2. The number of para-hydroxylation sites is 1. The summed E-state index contributed by atoms with van der Waals surface area (Å²) >= 11 is 6.00. The standard InChI is InChI=1S/C16H12ClFO3/c17-13-5-4-11(18)8-10(13)9-14(19)12-2-1-3-15-16(12)21-7-6-20-15/h1-5,8H,6-7,9H2. The molecule has 1 aliphatic rings. The molecule has 1 heterocycles. The van der Waals surface area contributed by atoms with Gasteiger partial charge < -0.3 is 9.47 Å². The van der Waals surface area contributed by atoms with Crippen LogP contribution in [0, 0.1) is 5.82 Å². The van der Waals surface area contributed by atoms with E-state index in [0.29, 0.717) is 40.9 Å². The molecule has 108 valence electrons. The van der Waals surface area contributed by atoms with Gasteiger partial charge in [-0.15, -0.1) is 0 Å². The molecule has 2 aromatic rings. The molecule has 2 aromatic carbocycles. The van der Waals surface area contributed by atoms with Gasteiger partial charge >= 0.3 is 0 Å². The van der Waals surface area contributed by atoms with Crippen LogP contribution in [0.3, 0.4) is 0 Å². The van der Waals surface area contributed by atoms with E-state index in [1.165, 1.54) is 18.2 Å². The Morgan fingerprint density at radius 1 is 1.19 bits per heavy atom. The van der Waals surface area contributed by atoms with Gasteiger partial charge in [-0.1, -0.05) is 17.7 Å². The molecule has 0 radical (unpaired) electrons. The lowest BCUT2D eigenvalue weighted by Crippen LogP contribution is -2.18. The third-order valence-corrected chi connectivity index (χ3v) is 3.59. The molecule has 0 aliphatic carbocycles. The number of carbonyl (C=O) groups is 1. The summed E-state index contributed by atoms with van der Waals surface area (Å²) in [7, 11) is 0. The molecule has 0 spiro atoms. The van der Waals surface area contributed by atoms with Crippen molar-refractivity contribution in [3.63, 3.8) is 0 Å². The molecule has 0 saturated carbocycles. The number of ketones is 1. The molecule has 3 nitrogen and oxygen atoms in total. The lowest BCUT2D eigenvalue weighted by atomic mass is 10.0. The predicted molar refractivity (Wildman–Crippen MR) is 76.9 cm³/mol. The molecular formula is C16H12ClFO3. The summed E-state index contributed by atoms with van der Waals surface area (Å²) < 4.78 is 24.2. The number of carbonyl (C=O) groups excluding carboxylic acids is 1. The van der Waals surface area contributed by atoms with Gasteiger partial charge in [0.1, 0.15) is 19.0 Å². The number of benzene rings is 2. The van der Waals surface area contributed by atoms with Crippen molar-refractivity contribution in [2.24, 2.45) is 0 Å². The molecule has 0 unspecified atom stereocenters. The molecular weight excluding hydrogens is 295 g/mol. The first-order valence-electron chi connectivity index (χ1n) is 6.51. The summed E-state index contributed by atoms with van der Waals surface area (Å²) in [6.45, 7) is 0.860. The van der Waals surface area contributed by atoms with E-state index in [1.54, 1.807) is 18.2 Å². The highest BCUT2D eigenvalue weighted by atomic mass is 35.5. The first-order valence-corrected chi connectivity index (χ1v) is 6.88. The fourth-order valence-electron chi connectivity index (χ4n) is 2.24. The lowest BCUT2D eigenvalue weighted by molar-refractivity contribution is 0.0981. The molecule has 0 aromatic heterocycles. The van der Waals surface area contributed by atoms with E-state index in [-0.39, 0.29) is 12.2 Å². The van der Waals surface area contributed by atoms with Crippen LogP contribution in [0.25, 0.3) is 0 Å². The molecule has 0 atom stereocenters. The van der Waals surface area contributed by atoms with Gasteiger partial charge in [0, 0.05) is 11.4 Å². The highest BCUT2D eigenvalue weighted by Gasteiger charge is 2.21. The van der Waals surface area contributed by atoms with Gasteiger partial charge in [-0.05, 0) is 35.9 Å². The Bertz CT molecular complexity index is 700. The van der Waals surface area contributed by atoms with Crippen molar-refractivity contribution < 1.29 is 18.7 Å². The summed E-state index contributed by atoms with van der Waals surface area (Å²) in [5, 5.41) is 0.367. The second-order valence-electron chi connectivity index (χ2n) is 4.67. The van der Waals surface area contributed by atoms with Crippen LogP contribution in [0.15, 0.2) is 36.4 Å². The third kappa shape index (κ3) is 2.85. The molecule has 0 bridgehead atoms. The van der Waals surface area contributed by atoms with Crippen LogP contribution in [0.1, 0.15) is 15.9 Å². The zero-order valence-electron chi connectivity index (χ0n) is 11.1. The topological polar surface area (TPSA) is 35.5 Å². The fraction of sp³-hybridized carbons (Fsp3) is 0.188. The highest BCUT2D eigenvalue weighted by Crippen LogP contribution is 2.34. The normalized spacial score (nSPS) is 13.0. The summed E-state index contributed by atoms with van der Waals surface area (Å²) in [6.07, 6.45) is 0.0103. The van der Waals surface area contributed by atoms with E-state index in [0.717, 1.165) is 0 Å². The van der Waals surface area contributed by atoms with Crippen molar-refractivity contribution in [1.29, 1.82) is 0 Å². The number of rotatable bonds is 3. The van der Waals surface area contributed by atoms with Gasteiger partial charge in [-0.3, -0.25) is 4.79 Å². The maximum Gasteiger partial charge on any atom is 0.172 e. The van der Waals surface area contributed by atoms with Gasteiger partial charge in [0.2, 0.25) is 0 Å². The molecule has 5 heteroatoms. The van der Waals surface area contributed by atoms with E-state index >= 15 is 0 Å². The van der Waals surface area contributed by atoms with Crippen LogP contribution in [0.2, 0.25) is 5.02 Å². The molecule has 3 rings (SSSR count). The molecule has 1 aliphatic heterocycles. The number of hydrogen-bond acceptors (Lipinski definition) is 3. The van der Waals surface area contributed by atoms with Crippen LogP contribution >= 0.6 is 11.6 Å². The van der Waals surface area contributed by atoms with E-state index < -0.39 is 5.82 Å². The van der Waals surface area contributed by atoms with Crippen LogP contribution in [0.5, 0.6) is 11.5 Å². The first kappa shape index (κ1) is 13.9. The molecule has 21 heavy (non-hydrogen) atoms. The summed E-state index contributed by atoms with van der Waals surface area (Å²) in [4.78, 5) is 12.4. The Labute approximate surface area is 126 Å². The van der Waals surface area contributed by atoms with Gasteiger partial charge in [0.15, 0.2) is 17.3 Å². The minimum atomic E-state index is -0.420. The highest BCUT2D eigenvalue weighted by molar-refractivity contribution is 6.31. The fourth-order valence-corrected chi connectivity index (χ4v) is 2.42. The Hall–Kier alpha value is -2.07. The summed E-state index contributed by atoms with van der Waals surface area (Å²) in [5.41, 5.74) is 0.878. The SMILES string of the molecule is O=C(Cc1cc(F)ccc1Cl)c1cccc2c1OCCO2. The molecule has 0 amide bonds. The maximum atomic E-state index is 13.3. The first-order chi connectivity index (χ1) is 10.1. The molecule has 0 saturated heterocycles. The van der Waals surface area contributed by atoms with Gasteiger partial charge in [0.25, 0.3) is 0 Å². The van der Waals surface area contributed by atoms with Crippen molar-refractivity contribution >= 4 is 17.4 Å². The van der Waals surface area contributed by atoms with Crippen molar-refractivity contribution in [1.82, 2.24) is 0 Å². The van der Waals surface area contributed by atoms with E-state index in [1.807, 2.05) is 0 Å². The van der Waals surface area contributed by atoms with Gasteiger partial charge in [0.05, 0.1) is 5.56 Å². The Morgan fingerprint density at radius 2 is 2.00 bits per heavy atom. The molecule has 0 fully saturated rings. The summed E-state index contributed by atoms with van der Waals surface area (Å²) in [6, 6.07) is 9.13. The van der Waals surface area contributed by atoms with Crippen molar-refractivity contribution in [2.75, 3.05) is 13.2 Å². The quantitative estimate of drug-likeness (QED) is 0.812. The zero-order valence-corrected chi connectivity index (χ0v) is 11.8. The van der Waals surface area contributed by atoms with Crippen molar-refractivity contribution in [3.05, 3.63) is 58.4 Å². The number of Topliss-reactive ketones (excluding diaryl/α,β-unsaturated/α-hetero) is 1. The summed E-state index contributed by atoms with van der Waals surface area (Å²) in [5.74, 6) is 0.389. The van der Waals surface area contributed by atoms with Gasteiger partial charge in [-0.2, -0.15) is 0 Å². The predicted octanol–water partition coefficient (Wildman–Crippen LogP) is 3.68. The van der Waals surface area contributed by atoms with E-state index in [4.69, 9.17) is 21.1 Å². The average Bonchev–Trinajstić information content (AvgIpc) is 2.50. The number of hydrogen-bond donors (Lipinski definition) is 0. The zero-order chi connectivity index (χ0) is 14.8. The van der Waals surface area contributed by atoms with Gasteiger partial charge in [-0.25, -0.2) is 4.39 Å². The largest absolute Gasteiger partial charge is 0.486 e. The Morgan fingerprint density at radius 3 is 2.86 bits per heavy atom. The average molecular weight is 307 g/mol. The van der Waals surface area contributed by atoms with Crippen LogP contribution in [-0.4, -0.2) is 19.0 Å². The minimum absolute atomic E-state index is 0.0103. The van der Waals surface area contributed by atoms with Crippen molar-refractivity contribution in [2.45, 2.75) is 6.42 Å². The lowest BCUT2D eigenvalue weighted by Gasteiger charge is -2.20. The second-order valence-corrected chi connectivity index (χ2v) is 5.07. The Kier molecular flexibility index (Phi) is 3.80. The Balaban J connectivity index is 1.91. The monoisotopic (exact) mass is 306 g/mol. The van der Waals surface area contributed by atoms with Crippen molar-refractivity contribution in [3.8, 4) is 11.5 Å². The van der Waals surface area contributed by atoms with E-state index in [2.05, 4.69) is 0 Å². The second kappa shape index (κ2) is 5.74. The smallest absolute Gasteiger partial charge is 0.172 e. The van der Waals surface area contributed by atoms with Crippen LogP contribution < -0.4 is 9.47 Å². The molecule has 0 N–H and O–H groups in total. The van der Waals surface area contributed by atoms with Crippen LogP contribution in [0.4, 0.5) is 4.39 Å². The third-order valence-electron chi connectivity index (χ3n) is 3.23. The van der Waals surface area contributed by atoms with E-state index in [9.17, 15) is 9.18 Å². The number of fused-ring (bicyclic) bond motifs is 1. The van der Waals surface area contributed by atoms with Crippen LogP contribution in [-0.2, 0) is 6.42 Å². The minimum Gasteiger partial charge on any atom is -0.486 e. The number of ether oxygens (including phenoxy) is 2.